The van der Waals surface area contributed by atoms with Gasteiger partial charge in [-0.3, -0.25) is 14.4 Å². The number of ketones is 2. The average Bonchev–Trinajstić information content (AvgIpc) is 2.81. The molecule has 218 valence electrons. The van der Waals surface area contributed by atoms with Crippen molar-refractivity contribution in [2.75, 3.05) is 0 Å². The maximum atomic E-state index is 13.9. The van der Waals surface area contributed by atoms with Crippen molar-refractivity contribution in [2.24, 2.45) is 28.4 Å². The van der Waals surface area contributed by atoms with Gasteiger partial charge >= 0.3 is 0 Å². The van der Waals surface area contributed by atoms with E-state index >= 15 is 0 Å². The summed E-state index contributed by atoms with van der Waals surface area (Å²) in [6.07, 6.45) is 3.27. The molecule has 0 heterocycles. The van der Waals surface area contributed by atoms with Crippen molar-refractivity contribution in [2.45, 2.75) is 105 Å². The Balaban J connectivity index is 1.81. The molecule has 1 saturated carbocycles. The van der Waals surface area contributed by atoms with Crippen LogP contribution in [0.4, 0.5) is 0 Å². The van der Waals surface area contributed by atoms with E-state index < -0.39 is 46.2 Å². The number of hydrogen-bond donors (Lipinski definition) is 4. The number of benzene rings is 1. The topological polar surface area (TPSA) is 138 Å². The molecule has 1 amide bonds. The number of rotatable bonds is 6. The summed E-state index contributed by atoms with van der Waals surface area (Å²) in [7, 11) is 0. The number of aliphatic hydroxyl groups is 3. The van der Waals surface area contributed by atoms with E-state index in [2.05, 4.69) is 54.5 Å². The van der Waals surface area contributed by atoms with Crippen LogP contribution in [0.1, 0.15) is 108 Å². The molecule has 0 saturated heterocycles. The van der Waals surface area contributed by atoms with Crippen molar-refractivity contribution < 1.29 is 29.7 Å². The van der Waals surface area contributed by atoms with E-state index in [0.717, 1.165) is 41.5 Å². The monoisotopic (exact) mass is 551 g/mol. The van der Waals surface area contributed by atoms with Crippen LogP contribution < -0.4 is 5.73 Å². The molecule has 5 N–H and O–H groups in total. The van der Waals surface area contributed by atoms with Gasteiger partial charge in [0, 0.05) is 23.5 Å². The molecule has 0 bridgehead atoms. The molecule has 0 aromatic heterocycles. The Bertz CT molecular complexity index is 1360. The van der Waals surface area contributed by atoms with Gasteiger partial charge in [-0.05, 0) is 83.9 Å². The summed E-state index contributed by atoms with van der Waals surface area (Å²) in [5, 5.41) is 34.1. The lowest BCUT2D eigenvalue weighted by Gasteiger charge is -2.46. The molecule has 0 spiro atoms. The summed E-state index contributed by atoms with van der Waals surface area (Å²) < 4.78 is 0. The second-order valence-corrected chi connectivity index (χ2v) is 14.2. The Labute approximate surface area is 237 Å². The molecule has 4 rings (SSSR count). The van der Waals surface area contributed by atoms with E-state index in [1.807, 2.05) is 6.92 Å². The summed E-state index contributed by atoms with van der Waals surface area (Å²) in [4.78, 5) is 38.4. The second-order valence-electron chi connectivity index (χ2n) is 14.2. The number of carbonyl (C=O) groups is 3. The summed E-state index contributed by atoms with van der Waals surface area (Å²) >= 11 is 0. The predicted molar refractivity (Wildman–Crippen MR) is 155 cm³/mol. The van der Waals surface area contributed by atoms with E-state index in [1.54, 1.807) is 0 Å². The van der Waals surface area contributed by atoms with E-state index in [9.17, 15) is 29.7 Å². The fourth-order valence-corrected chi connectivity index (χ4v) is 6.84. The van der Waals surface area contributed by atoms with Crippen molar-refractivity contribution in [1.82, 2.24) is 0 Å². The number of aryl methyl sites for hydroxylation is 1. The van der Waals surface area contributed by atoms with E-state index in [1.165, 1.54) is 0 Å². The highest BCUT2D eigenvalue weighted by Crippen LogP contribution is 2.52. The molecule has 3 atom stereocenters. The third-order valence-corrected chi connectivity index (χ3v) is 10.4. The van der Waals surface area contributed by atoms with Crippen LogP contribution in [0.5, 0.6) is 0 Å². The molecule has 0 radical (unpaired) electrons. The highest BCUT2D eigenvalue weighted by Gasteiger charge is 2.60. The molecule has 1 fully saturated rings. The molecule has 0 aliphatic heterocycles. The zero-order valence-corrected chi connectivity index (χ0v) is 25.2. The van der Waals surface area contributed by atoms with Gasteiger partial charge in [-0.25, -0.2) is 0 Å². The van der Waals surface area contributed by atoms with Gasteiger partial charge in [-0.2, -0.15) is 0 Å². The maximum Gasteiger partial charge on any atom is 0.255 e. The number of Topliss-reactive ketones (excluding diaryl/α,β-unsaturated/α-hetero) is 2. The first kappa shape index (κ1) is 30.0. The van der Waals surface area contributed by atoms with E-state index in [0.29, 0.717) is 12.0 Å². The van der Waals surface area contributed by atoms with Gasteiger partial charge in [-0.1, -0.05) is 54.5 Å². The van der Waals surface area contributed by atoms with Gasteiger partial charge in [-0.15, -0.1) is 0 Å². The molecule has 40 heavy (non-hydrogen) atoms. The number of amides is 1. The molecular formula is C33H45NO6. The smallest absolute Gasteiger partial charge is 0.255 e. The average molecular weight is 552 g/mol. The lowest BCUT2D eigenvalue weighted by Crippen LogP contribution is -2.58. The minimum atomic E-state index is -2.47. The highest BCUT2D eigenvalue weighted by atomic mass is 16.3. The van der Waals surface area contributed by atoms with Crippen molar-refractivity contribution >= 4 is 23.2 Å². The summed E-state index contributed by atoms with van der Waals surface area (Å²) in [6, 6.07) is 2.25. The Morgan fingerprint density at radius 3 is 2.30 bits per heavy atom. The number of aliphatic hydroxyl groups excluding tert-OH is 2. The van der Waals surface area contributed by atoms with Gasteiger partial charge < -0.3 is 21.1 Å². The van der Waals surface area contributed by atoms with Gasteiger partial charge in [0.15, 0.2) is 11.4 Å². The quantitative estimate of drug-likeness (QED) is 0.342. The zero-order valence-electron chi connectivity index (χ0n) is 25.2. The lowest BCUT2D eigenvalue weighted by atomic mass is 9.58. The maximum absolute atomic E-state index is 13.9. The molecule has 1 aromatic rings. The van der Waals surface area contributed by atoms with Gasteiger partial charge in [0.2, 0.25) is 5.78 Å². The molecule has 7 nitrogen and oxygen atoms in total. The van der Waals surface area contributed by atoms with Crippen molar-refractivity contribution in [1.29, 1.82) is 0 Å². The van der Waals surface area contributed by atoms with Crippen LogP contribution in [0.3, 0.4) is 0 Å². The minimum Gasteiger partial charge on any atom is -0.508 e. The normalized spacial score (nSPS) is 25.2. The largest absolute Gasteiger partial charge is 0.508 e. The fraction of sp³-hybridized carbons (Fsp3) is 0.606. The van der Waals surface area contributed by atoms with Crippen molar-refractivity contribution in [3.63, 3.8) is 0 Å². The Hall–Kier alpha value is -2.93. The number of hydrogen-bond acceptors (Lipinski definition) is 6. The first-order valence-corrected chi connectivity index (χ1v) is 14.5. The zero-order chi connectivity index (χ0) is 30.1. The third kappa shape index (κ3) is 4.50. The summed E-state index contributed by atoms with van der Waals surface area (Å²) in [5.74, 6) is -5.04. The van der Waals surface area contributed by atoms with Crippen molar-refractivity contribution in [3.8, 4) is 0 Å². The van der Waals surface area contributed by atoms with Crippen LogP contribution in [0, 0.1) is 29.6 Å². The molecule has 1 aromatic carbocycles. The summed E-state index contributed by atoms with van der Waals surface area (Å²) in [6.45, 7) is 17.6. The molecule has 3 aliphatic rings. The van der Waals surface area contributed by atoms with Gasteiger partial charge in [0.05, 0.1) is 0 Å². The predicted octanol–water partition coefficient (Wildman–Crippen LogP) is 5.55. The first-order valence-electron chi connectivity index (χ1n) is 14.5. The number of primary amides is 1. The minimum absolute atomic E-state index is 0.0554. The Morgan fingerprint density at radius 2 is 1.75 bits per heavy atom. The van der Waals surface area contributed by atoms with E-state index in [4.69, 9.17) is 5.73 Å². The van der Waals surface area contributed by atoms with E-state index in [-0.39, 0.29) is 40.9 Å². The fourth-order valence-electron chi connectivity index (χ4n) is 6.84. The van der Waals surface area contributed by atoms with Crippen molar-refractivity contribution in [3.05, 3.63) is 50.8 Å². The van der Waals surface area contributed by atoms with Gasteiger partial charge in [0.25, 0.3) is 5.91 Å². The van der Waals surface area contributed by atoms with Crippen LogP contribution in [0.25, 0.3) is 5.76 Å². The SMILES string of the molecule is Cc1c(CCCC(C)(C)C(C)(C)C)cc(C(C)C)c2c1C(O)=C1C(=O)[C@]3(O)C(O)=C(C(N)=O)C(=O)C[C@@H]3C[C@@H]1C2. The second kappa shape index (κ2) is 9.86. The molecule has 0 unspecified atom stereocenters. The van der Waals surface area contributed by atoms with Crippen LogP contribution >= 0.6 is 0 Å². The lowest BCUT2D eigenvalue weighted by molar-refractivity contribution is -0.147. The number of fused-ring (bicyclic) bond motifs is 3. The van der Waals surface area contributed by atoms with Crippen LogP contribution in [0.2, 0.25) is 0 Å². The standard InChI is InChI=1S/C33H45NO6/c1-16(2)21-13-18(10-9-11-32(7,8)31(4,5)6)17(3)24-22(21)14-19-12-20-15-23(35)26(30(34)39)29(38)33(20,40)28(37)25(19)27(24)36/h13,16,19-20,36,38,40H,9-12,14-15H2,1-8H3,(H2,34,39)/t19-,20+,33+/m1/s1. The van der Waals surface area contributed by atoms with Crippen LogP contribution in [-0.2, 0) is 27.2 Å². The van der Waals surface area contributed by atoms with Crippen LogP contribution in [0.15, 0.2) is 23.0 Å². The highest BCUT2D eigenvalue weighted by molar-refractivity contribution is 6.22. The number of carbonyl (C=O) groups excluding carboxylic acids is 3. The molecule has 7 heteroatoms. The Morgan fingerprint density at radius 1 is 1.12 bits per heavy atom. The third-order valence-electron chi connectivity index (χ3n) is 10.4. The first-order chi connectivity index (χ1) is 18.3. The van der Waals surface area contributed by atoms with Crippen LogP contribution in [-0.4, -0.2) is 38.4 Å². The molecular weight excluding hydrogens is 506 g/mol. The Kier molecular flexibility index (Phi) is 7.41. The number of nitrogens with two attached hydrogens (primary N) is 1. The molecule has 3 aliphatic carbocycles. The van der Waals surface area contributed by atoms with Gasteiger partial charge in [0.1, 0.15) is 17.1 Å². The summed E-state index contributed by atoms with van der Waals surface area (Å²) in [5.41, 5.74) is 7.25.